The molecule has 0 unspecified atom stereocenters. The molecule has 6 nitrogen and oxygen atoms in total. The molecule has 0 spiro atoms. The van der Waals surface area contributed by atoms with E-state index in [1.165, 1.54) is 28.6 Å². The first-order valence-corrected chi connectivity index (χ1v) is 11.6. The highest BCUT2D eigenvalue weighted by atomic mass is 32.2. The molecular weight excluding hydrogens is 408 g/mol. The van der Waals surface area contributed by atoms with Gasteiger partial charge < -0.3 is 4.74 Å². The van der Waals surface area contributed by atoms with Gasteiger partial charge in [-0.05, 0) is 62.2 Å². The summed E-state index contributed by atoms with van der Waals surface area (Å²) in [6.07, 6.45) is 0.645. The second-order valence-corrected chi connectivity index (χ2v) is 9.59. The fraction of sp³-hybridized carbons (Fsp3) is 0.238. The van der Waals surface area contributed by atoms with Crippen molar-refractivity contribution in [2.45, 2.75) is 25.2 Å². The third-order valence-electron chi connectivity index (χ3n) is 4.80. The lowest BCUT2D eigenvalue weighted by Gasteiger charge is -2.20. The van der Waals surface area contributed by atoms with Crippen LogP contribution in [0.3, 0.4) is 0 Å². The lowest BCUT2D eigenvalue weighted by Crippen LogP contribution is -2.29. The van der Waals surface area contributed by atoms with Crippen molar-refractivity contribution in [2.24, 2.45) is 0 Å². The molecule has 29 heavy (non-hydrogen) atoms. The van der Waals surface area contributed by atoms with E-state index in [1.54, 1.807) is 18.3 Å². The number of esters is 1. The molecule has 1 aliphatic rings. The average Bonchev–Trinajstić information content (AvgIpc) is 3.34. The predicted octanol–water partition coefficient (Wildman–Crippen LogP) is 4.05. The Bertz CT molecular complexity index is 1170. The third-order valence-corrected chi connectivity index (χ3v) is 7.40. The van der Waals surface area contributed by atoms with Gasteiger partial charge in [-0.25, -0.2) is 18.2 Å². The smallest absolute Gasteiger partial charge is 0.338 e. The van der Waals surface area contributed by atoms with Crippen molar-refractivity contribution in [1.82, 2.24) is 4.98 Å². The summed E-state index contributed by atoms with van der Waals surface area (Å²) in [6.45, 7) is 4.34. The van der Waals surface area contributed by atoms with Crippen LogP contribution < -0.4 is 4.31 Å². The molecule has 0 amide bonds. The van der Waals surface area contributed by atoms with Crippen LogP contribution in [0.4, 0.5) is 5.69 Å². The van der Waals surface area contributed by atoms with Crippen LogP contribution in [0.25, 0.3) is 11.3 Å². The standard InChI is InChI=1S/C21H20N2O4S2/c1-3-27-21(24)15-4-7-18(8-5-15)29(25,26)23-11-10-17-12-16(6-9-20(17)23)19-13-28-14(2)22-19/h4-9,12-13H,3,10-11H2,1-2H3. The molecule has 150 valence electrons. The number of fused-ring (bicyclic) bond motifs is 1. The quantitative estimate of drug-likeness (QED) is 0.573. The maximum Gasteiger partial charge on any atom is 0.338 e. The van der Waals surface area contributed by atoms with E-state index < -0.39 is 16.0 Å². The number of benzene rings is 2. The molecule has 0 atom stereocenters. The molecule has 0 bridgehead atoms. The highest BCUT2D eigenvalue weighted by molar-refractivity contribution is 7.92. The summed E-state index contributed by atoms with van der Waals surface area (Å²) >= 11 is 1.59. The van der Waals surface area contributed by atoms with Crippen LogP contribution in [0.5, 0.6) is 0 Å². The number of hydrogen-bond acceptors (Lipinski definition) is 6. The van der Waals surface area contributed by atoms with Crippen LogP contribution >= 0.6 is 11.3 Å². The van der Waals surface area contributed by atoms with Gasteiger partial charge in [0.2, 0.25) is 0 Å². The van der Waals surface area contributed by atoms with Crippen molar-refractivity contribution in [2.75, 3.05) is 17.5 Å². The van der Waals surface area contributed by atoms with Crippen molar-refractivity contribution in [3.63, 3.8) is 0 Å². The number of hydrogen-bond donors (Lipinski definition) is 0. The summed E-state index contributed by atoms with van der Waals surface area (Å²) in [7, 11) is -3.71. The number of carbonyl (C=O) groups excluding carboxylic acids is 1. The summed E-state index contributed by atoms with van der Waals surface area (Å²) in [5.74, 6) is -0.465. The summed E-state index contributed by atoms with van der Waals surface area (Å²) in [5, 5.41) is 3.00. The van der Waals surface area contributed by atoms with Crippen LogP contribution in [-0.4, -0.2) is 32.5 Å². The number of ether oxygens (including phenoxy) is 1. The summed E-state index contributed by atoms with van der Waals surface area (Å²) in [4.78, 5) is 16.4. The number of aryl methyl sites for hydroxylation is 1. The number of aromatic nitrogens is 1. The van der Waals surface area contributed by atoms with Crippen molar-refractivity contribution >= 4 is 33.0 Å². The largest absolute Gasteiger partial charge is 0.462 e. The number of sulfonamides is 1. The van der Waals surface area contributed by atoms with Gasteiger partial charge >= 0.3 is 5.97 Å². The number of thiazole rings is 1. The first kappa shape index (κ1) is 19.6. The highest BCUT2D eigenvalue weighted by Gasteiger charge is 2.31. The first-order valence-electron chi connectivity index (χ1n) is 9.25. The Labute approximate surface area is 173 Å². The van der Waals surface area contributed by atoms with Crippen LogP contribution in [0.15, 0.2) is 52.7 Å². The Morgan fingerprint density at radius 2 is 1.97 bits per heavy atom. The van der Waals surface area contributed by atoms with Gasteiger partial charge in [-0.2, -0.15) is 0 Å². The van der Waals surface area contributed by atoms with Gasteiger partial charge in [0.15, 0.2) is 0 Å². The molecule has 8 heteroatoms. The van der Waals surface area contributed by atoms with Gasteiger partial charge in [0.1, 0.15) is 0 Å². The molecule has 0 saturated carbocycles. The van der Waals surface area contributed by atoms with Crippen LogP contribution in [-0.2, 0) is 21.2 Å². The zero-order chi connectivity index (χ0) is 20.6. The van der Waals surface area contributed by atoms with Gasteiger partial charge in [0, 0.05) is 17.5 Å². The maximum absolute atomic E-state index is 13.2. The van der Waals surface area contributed by atoms with Gasteiger partial charge in [-0.1, -0.05) is 6.07 Å². The Morgan fingerprint density at radius 1 is 1.21 bits per heavy atom. The molecule has 2 aromatic carbocycles. The molecule has 1 aromatic heterocycles. The minimum Gasteiger partial charge on any atom is -0.462 e. The maximum atomic E-state index is 13.2. The van der Waals surface area contributed by atoms with Crippen molar-refractivity contribution in [1.29, 1.82) is 0 Å². The van der Waals surface area contributed by atoms with Gasteiger partial charge in [0.05, 0.1) is 33.5 Å². The van der Waals surface area contributed by atoms with Crippen LogP contribution in [0.2, 0.25) is 0 Å². The predicted molar refractivity (Wildman–Crippen MR) is 113 cm³/mol. The van der Waals surface area contributed by atoms with Crippen molar-refractivity contribution in [3.8, 4) is 11.3 Å². The van der Waals surface area contributed by atoms with E-state index in [2.05, 4.69) is 4.98 Å². The third kappa shape index (κ3) is 3.65. The zero-order valence-corrected chi connectivity index (χ0v) is 17.7. The van der Waals surface area contributed by atoms with E-state index >= 15 is 0 Å². The summed E-state index contributed by atoms with van der Waals surface area (Å²) in [6, 6.07) is 11.6. The van der Waals surface area contributed by atoms with Gasteiger partial charge in [-0.15, -0.1) is 11.3 Å². The summed E-state index contributed by atoms with van der Waals surface area (Å²) < 4.78 is 32.7. The Balaban J connectivity index is 1.62. The fourth-order valence-corrected chi connectivity index (χ4v) is 5.51. The number of carbonyl (C=O) groups is 1. The number of nitrogens with zero attached hydrogens (tertiary/aromatic N) is 2. The van der Waals surface area contributed by atoms with Crippen LogP contribution in [0.1, 0.15) is 27.9 Å². The molecule has 0 aliphatic carbocycles. The Hall–Kier alpha value is -2.71. The SMILES string of the molecule is CCOC(=O)c1ccc(S(=O)(=O)N2CCc3cc(-c4csc(C)n4)ccc32)cc1. The normalized spacial score (nSPS) is 13.4. The second-order valence-electron chi connectivity index (χ2n) is 6.67. The van der Waals surface area contributed by atoms with E-state index in [0.29, 0.717) is 24.2 Å². The lowest BCUT2D eigenvalue weighted by molar-refractivity contribution is 0.0526. The molecule has 1 aliphatic heterocycles. The zero-order valence-electron chi connectivity index (χ0n) is 16.1. The Morgan fingerprint density at radius 3 is 2.62 bits per heavy atom. The minimum atomic E-state index is -3.71. The van der Waals surface area contributed by atoms with E-state index in [0.717, 1.165) is 21.8 Å². The van der Waals surface area contributed by atoms with E-state index in [9.17, 15) is 13.2 Å². The molecule has 2 heterocycles. The monoisotopic (exact) mass is 428 g/mol. The summed E-state index contributed by atoms with van der Waals surface area (Å²) in [5.41, 5.74) is 3.91. The number of anilines is 1. The molecule has 0 saturated heterocycles. The highest BCUT2D eigenvalue weighted by Crippen LogP contribution is 2.36. The van der Waals surface area contributed by atoms with E-state index in [1.807, 2.05) is 30.5 Å². The molecular formula is C21H20N2O4S2. The molecule has 0 radical (unpaired) electrons. The molecule has 4 rings (SSSR count). The first-order chi connectivity index (χ1) is 13.9. The Kier molecular flexibility index (Phi) is 5.14. The van der Waals surface area contributed by atoms with Crippen molar-refractivity contribution < 1.29 is 17.9 Å². The van der Waals surface area contributed by atoms with E-state index in [-0.39, 0.29) is 11.5 Å². The fourth-order valence-electron chi connectivity index (χ4n) is 3.38. The van der Waals surface area contributed by atoms with Crippen molar-refractivity contribution in [3.05, 3.63) is 64.0 Å². The number of rotatable bonds is 5. The molecule has 0 fully saturated rings. The van der Waals surface area contributed by atoms with Gasteiger partial charge in [0.25, 0.3) is 10.0 Å². The molecule has 3 aromatic rings. The minimum absolute atomic E-state index is 0.151. The topological polar surface area (TPSA) is 76.6 Å². The van der Waals surface area contributed by atoms with Gasteiger partial charge in [-0.3, -0.25) is 4.31 Å². The second kappa shape index (κ2) is 7.61. The average molecular weight is 429 g/mol. The van der Waals surface area contributed by atoms with Crippen LogP contribution in [0, 0.1) is 6.92 Å². The molecule has 0 N–H and O–H groups in total. The lowest BCUT2D eigenvalue weighted by atomic mass is 10.1. The van der Waals surface area contributed by atoms with E-state index in [4.69, 9.17) is 4.74 Å².